The summed E-state index contributed by atoms with van der Waals surface area (Å²) in [5, 5.41) is 38.0. The molecule has 4 unspecified atom stereocenters. The van der Waals surface area contributed by atoms with Gasteiger partial charge in [0.05, 0.1) is 25.4 Å². The van der Waals surface area contributed by atoms with Crippen LogP contribution in [0.5, 0.6) is 0 Å². The minimum absolute atomic E-state index is 0.353. The second kappa shape index (κ2) is 13.5. The summed E-state index contributed by atoms with van der Waals surface area (Å²) in [7, 11) is 0. The molecule has 0 spiro atoms. The molecule has 4 N–H and O–H groups in total. The summed E-state index contributed by atoms with van der Waals surface area (Å²) in [5.41, 5.74) is 0. The average molecular weight is 306 g/mol. The summed E-state index contributed by atoms with van der Waals surface area (Å²) in [5.74, 6) is 0. The van der Waals surface area contributed by atoms with E-state index in [2.05, 4.69) is 13.8 Å². The van der Waals surface area contributed by atoms with Gasteiger partial charge in [-0.25, -0.2) is 0 Å². The highest BCUT2D eigenvalue weighted by Crippen LogP contribution is 2.18. The second-order valence-electron chi connectivity index (χ2n) is 5.70. The number of hydrogen-bond donors (Lipinski definition) is 4. The van der Waals surface area contributed by atoms with Crippen LogP contribution < -0.4 is 0 Å². The summed E-state index contributed by atoms with van der Waals surface area (Å²) in [6.07, 6.45) is 4.48. The molecule has 0 saturated carbocycles. The molecule has 21 heavy (non-hydrogen) atoms. The highest BCUT2D eigenvalue weighted by Gasteiger charge is 2.27. The van der Waals surface area contributed by atoms with Gasteiger partial charge in [0, 0.05) is 0 Å². The highest BCUT2D eigenvalue weighted by atomic mass is 16.5. The number of unbranched alkanes of at least 4 members (excludes halogenated alkanes) is 4. The predicted octanol–water partition coefficient (Wildman–Crippen LogP) is 1.61. The maximum absolute atomic E-state index is 9.87. The van der Waals surface area contributed by atoms with Gasteiger partial charge in [-0.1, -0.05) is 52.4 Å². The van der Waals surface area contributed by atoms with Gasteiger partial charge < -0.3 is 25.2 Å². The van der Waals surface area contributed by atoms with Gasteiger partial charge in [-0.05, 0) is 12.8 Å². The largest absolute Gasteiger partial charge is 0.394 e. The second-order valence-corrected chi connectivity index (χ2v) is 5.70. The van der Waals surface area contributed by atoms with Gasteiger partial charge in [-0.2, -0.15) is 0 Å². The van der Waals surface area contributed by atoms with Crippen LogP contribution in [-0.2, 0) is 4.74 Å². The molecule has 0 aliphatic heterocycles. The van der Waals surface area contributed by atoms with Gasteiger partial charge in [-0.3, -0.25) is 0 Å². The molecule has 0 saturated heterocycles. The topological polar surface area (TPSA) is 90.2 Å². The van der Waals surface area contributed by atoms with E-state index in [1.165, 1.54) is 0 Å². The third-order valence-corrected chi connectivity index (χ3v) is 3.77. The van der Waals surface area contributed by atoms with Crippen LogP contribution in [0, 0.1) is 0 Å². The van der Waals surface area contributed by atoms with Crippen molar-refractivity contribution < 1.29 is 25.2 Å². The molecule has 0 heterocycles. The van der Waals surface area contributed by atoms with Gasteiger partial charge in [0.15, 0.2) is 0 Å². The zero-order chi connectivity index (χ0) is 16.1. The Morgan fingerprint density at radius 1 is 0.714 bits per heavy atom. The zero-order valence-corrected chi connectivity index (χ0v) is 13.6. The summed E-state index contributed by atoms with van der Waals surface area (Å²) in [4.78, 5) is 0. The van der Waals surface area contributed by atoms with Crippen molar-refractivity contribution in [2.24, 2.45) is 0 Å². The van der Waals surface area contributed by atoms with Gasteiger partial charge >= 0.3 is 0 Å². The summed E-state index contributed by atoms with van der Waals surface area (Å²) < 4.78 is 5.83. The van der Waals surface area contributed by atoms with Crippen molar-refractivity contribution in [1.82, 2.24) is 0 Å². The van der Waals surface area contributed by atoms with Crippen LogP contribution >= 0.6 is 0 Å². The smallest absolute Gasteiger partial charge is 0.103 e. The monoisotopic (exact) mass is 306 g/mol. The van der Waals surface area contributed by atoms with E-state index < -0.39 is 24.4 Å². The van der Waals surface area contributed by atoms with Crippen LogP contribution in [0.2, 0.25) is 0 Å². The van der Waals surface area contributed by atoms with E-state index in [-0.39, 0.29) is 13.2 Å². The first-order valence-electron chi connectivity index (χ1n) is 8.33. The van der Waals surface area contributed by atoms with Crippen molar-refractivity contribution in [3.63, 3.8) is 0 Å². The molecule has 0 fully saturated rings. The fourth-order valence-electron chi connectivity index (χ4n) is 2.35. The SMILES string of the molecule is CCCCCC(OC(CCCCC)C(O)CO)C(O)CO. The number of hydrogen-bond acceptors (Lipinski definition) is 5. The van der Waals surface area contributed by atoms with Crippen LogP contribution in [0.15, 0.2) is 0 Å². The Kier molecular flexibility index (Phi) is 13.3. The lowest BCUT2D eigenvalue weighted by Gasteiger charge is -2.30. The van der Waals surface area contributed by atoms with Crippen LogP contribution in [0.25, 0.3) is 0 Å². The Labute approximate surface area is 129 Å². The molecule has 0 aliphatic carbocycles. The molecule has 0 radical (unpaired) electrons. The van der Waals surface area contributed by atoms with E-state index in [4.69, 9.17) is 14.9 Å². The summed E-state index contributed by atoms with van der Waals surface area (Å²) in [6.45, 7) is 3.49. The van der Waals surface area contributed by atoms with E-state index in [0.717, 1.165) is 38.5 Å². The Bertz CT molecular complexity index is 203. The van der Waals surface area contributed by atoms with E-state index in [1.807, 2.05) is 0 Å². The first-order chi connectivity index (χ1) is 10.1. The van der Waals surface area contributed by atoms with Gasteiger partial charge in [0.2, 0.25) is 0 Å². The number of rotatable bonds is 14. The van der Waals surface area contributed by atoms with Crippen molar-refractivity contribution in [1.29, 1.82) is 0 Å². The van der Waals surface area contributed by atoms with E-state index in [0.29, 0.717) is 12.8 Å². The Hall–Kier alpha value is -0.200. The molecule has 0 aromatic carbocycles. The van der Waals surface area contributed by atoms with Crippen LogP contribution in [0.4, 0.5) is 0 Å². The maximum atomic E-state index is 9.87. The minimum atomic E-state index is -0.943. The number of ether oxygens (including phenoxy) is 1. The zero-order valence-electron chi connectivity index (χ0n) is 13.6. The minimum Gasteiger partial charge on any atom is -0.394 e. The molecule has 0 bridgehead atoms. The van der Waals surface area contributed by atoms with Crippen LogP contribution in [0.1, 0.15) is 65.2 Å². The van der Waals surface area contributed by atoms with Crippen molar-refractivity contribution >= 4 is 0 Å². The lowest BCUT2D eigenvalue weighted by Crippen LogP contribution is -2.41. The van der Waals surface area contributed by atoms with Crippen molar-refractivity contribution in [3.8, 4) is 0 Å². The molecule has 0 aliphatic rings. The van der Waals surface area contributed by atoms with E-state index in [9.17, 15) is 10.2 Å². The maximum Gasteiger partial charge on any atom is 0.103 e. The van der Waals surface area contributed by atoms with Gasteiger partial charge in [0.25, 0.3) is 0 Å². The molecule has 4 atom stereocenters. The van der Waals surface area contributed by atoms with Crippen LogP contribution in [0.3, 0.4) is 0 Å². The van der Waals surface area contributed by atoms with Gasteiger partial charge in [0.1, 0.15) is 12.2 Å². The third-order valence-electron chi connectivity index (χ3n) is 3.77. The molecule has 0 aromatic rings. The Morgan fingerprint density at radius 2 is 1.10 bits per heavy atom. The molecule has 128 valence electrons. The van der Waals surface area contributed by atoms with Gasteiger partial charge in [-0.15, -0.1) is 0 Å². The molecule has 5 heteroatoms. The molecule has 0 rings (SSSR count). The number of aliphatic hydroxyl groups excluding tert-OH is 4. The lowest BCUT2D eigenvalue weighted by atomic mass is 10.0. The fraction of sp³-hybridized carbons (Fsp3) is 1.00. The summed E-state index contributed by atoms with van der Waals surface area (Å²) in [6, 6.07) is 0. The number of aliphatic hydroxyl groups is 4. The van der Waals surface area contributed by atoms with Crippen molar-refractivity contribution in [2.45, 2.75) is 89.6 Å². The summed E-state index contributed by atoms with van der Waals surface area (Å²) >= 11 is 0. The Morgan fingerprint density at radius 3 is 1.38 bits per heavy atom. The quantitative estimate of drug-likeness (QED) is 0.366. The molecule has 0 aromatic heterocycles. The molecule has 5 nitrogen and oxygen atoms in total. The standard InChI is InChI=1S/C16H34O5/c1-3-5-7-9-15(13(19)11-17)21-16(14(20)12-18)10-8-6-4-2/h13-20H,3-12H2,1-2H3. The average Bonchev–Trinajstić information content (AvgIpc) is 2.51. The van der Waals surface area contributed by atoms with E-state index >= 15 is 0 Å². The first kappa shape index (κ1) is 20.8. The molecular weight excluding hydrogens is 272 g/mol. The first-order valence-corrected chi connectivity index (χ1v) is 8.33. The third kappa shape index (κ3) is 9.42. The van der Waals surface area contributed by atoms with Crippen molar-refractivity contribution in [3.05, 3.63) is 0 Å². The Balaban J connectivity index is 4.52. The highest BCUT2D eigenvalue weighted by molar-refractivity contribution is 4.75. The lowest BCUT2D eigenvalue weighted by molar-refractivity contribution is -0.137. The molecular formula is C16H34O5. The van der Waals surface area contributed by atoms with E-state index in [1.54, 1.807) is 0 Å². The van der Waals surface area contributed by atoms with Crippen molar-refractivity contribution in [2.75, 3.05) is 13.2 Å². The fourth-order valence-corrected chi connectivity index (χ4v) is 2.35. The molecule has 0 amide bonds. The van der Waals surface area contributed by atoms with Crippen LogP contribution in [-0.4, -0.2) is 58.1 Å². The predicted molar refractivity (Wildman–Crippen MR) is 83.1 cm³/mol. The normalized spacial score (nSPS) is 17.4.